The predicted molar refractivity (Wildman–Crippen MR) is 74.8 cm³/mol. The predicted octanol–water partition coefficient (Wildman–Crippen LogP) is 1.79. The third-order valence-corrected chi connectivity index (χ3v) is 3.01. The standard InChI is InChI=1S/C15H17NO5/c1-10-9-13(20-14(10)17)21-15(18)16-8-7-11-5-3-4-6-12(11)19-2/h3-6,9,13H,7-8H2,1-2H3,(H,16,18). The van der Waals surface area contributed by atoms with Gasteiger partial charge in [-0.25, -0.2) is 9.59 Å². The molecule has 6 nitrogen and oxygen atoms in total. The first-order chi connectivity index (χ1) is 10.1. The van der Waals surface area contributed by atoms with E-state index in [0.717, 1.165) is 11.3 Å². The van der Waals surface area contributed by atoms with E-state index in [1.54, 1.807) is 14.0 Å². The Balaban J connectivity index is 1.76. The molecule has 0 saturated heterocycles. The number of carbonyl (C=O) groups excluding carboxylic acids is 2. The Labute approximate surface area is 122 Å². The van der Waals surface area contributed by atoms with Crippen molar-refractivity contribution in [3.05, 3.63) is 41.5 Å². The average Bonchev–Trinajstić information content (AvgIpc) is 2.77. The van der Waals surface area contributed by atoms with Gasteiger partial charge in [0.1, 0.15) is 5.75 Å². The molecule has 21 heavy (non-hydrogen) atoms. The van der Waals surface area contributed by atoms with Gasteiger partial charge in [0.05, 0.1) is 7.11 Å². The van der Waals surface area contributed by atoms with Crippen LogP contribution in [0.3, 0.4) is 0 Å². The van der Waals surface area contributed by atoms with Gasteiger partial charge in [-0.3, -0.25) is 0 Å². The van der Waals surface area contributed by atoms with Crippen LogP contribution in [0.2, 0.25) is 0 Å². The average molecular weight is 291 g/mol. The number of hydrogen-bond donors (Lipinski definition) is 1. The van der Waals surface area contributed by atoms with Gasteiger partial charge in [-0.1, -0.05) is 18.2 Å². The van der Waals surface area contributed by atoms with Gasteiger partial charge in [0.15, 0.2) is 0 Å². The molecular formula is C15H17NO5. The summed E-state index contributed by atoms with van der Waals surface area (Å²) in [7, 11) is 1.60. The maximum Gasteiger partial charge on any atom is 0.410 e. The zero-order valence-electron chi connectivity index (χ0n) is 11.9. The first kappa shape index (κ1) is 14.9. The lowest BCUT2D eigenvalue weighted by Crippen LogP contribution is -2.30. The van der Waals surface area contributed by atoms with Crippen molar-refractivity contribution in [3.8, 4) is 5.75 Å². The lowest BCUT2D eigenvalue weighted by atomic mass is 10.1. The molecule has 0 fully saturated rings. The summed E-state index contributed by atoms with van der Waals surface area (Å²) in [4.78, 5) is 22.7. The second kappa shape index (κ2) is 6.78. The fourth-order valence-electron chi connectivity index (χ4n) is 1.92. The highest BCUT2D eigenvalue weighted by Crippen LogP contribution is 2.17. The monoisotopic (exact) mass is 291 g/mol. The zero-order valence-corrected chi connectivity index (χ0v) is 11.9. The number of amides is 1. The number of rotatable bonds is 5. The summed E-state index contributed by atoms with van der Waals surface area (Å²) in [5.41, 5.74) is 1.42. The van der Waals surface area contributed by atoms with Crippen molar-refractivity contribution in [2.24, 2.45) is 0 Å². The molecule has 1 aliphatic heterocycles. The van der Waals surface area contributed by atoms with E-state index in [4.69, 9.17) is 14.2 Å². The first-order valence-electron chi connectivity index (χ1n) is 6.56. The molecule has 1 amide bonds. The number of alkyl carbamates (subject to hydrolysis) is 1. The molecule has 6 heteroatoms. The molecule has 112 valence electrons. The van der Waals surface area contributed by atoms with E-state index in [1.807, 2.05) is 24.3 Å². The smallest absolute Gasteiger partial charge is 0.410 e. The second-order valence-electron chi connectivity index (χ2n) is 4.52. The molecule has 1 N–H and O–H groups in total. The Kier molecular flexibility index (Phi) is 4.81. The molecule has 1 aliphatic rings. The fraction of sp³-hybridized carbons (Fsp3) is 0.333. The van der Waals surface area contributed by atoms with Gasteiger partial charge in [-0.2, -0.15) is 0 Å². The number of para-hydroxylation sites is 1. The molecule has 1 heterocycles. The lowest BCUT2D eigenvalue weighted by molar-refractivity contribution is -0.151. The van der Waals surface area contributed by atoms with Gasteiger partial charge in [0, 0.05) is 18.2 Å². The maximum absolute atomic E-state index is 11.6. The summed E-state index contributed by atoms with van der Waals surface area (Å²) in [6.07, 6.45) is 0.498. The molecule has 1 unspecified atom stereocenters. The third kappa shape index (κ3) is 3.98. The molecule has 0 aromatic heterocycles. The number of hydrogen-bond acceptors (Lipinski definition) is 5. The highest BCUT2D eigenvalue weighted by Gasteiger charge is 2.25. The molecule has 1 aromatic rings. The van der Waals surface area contributed by atoms with Crippen molar-refractivity contribution in [3.63, 3.8) is 0 Å². The number of ether oxygens (including phenoxy) is 3. The molecular weight excluding hydrogens is 274 g/mol. The topological polar surface area (TPSA) is 73.9 Å². The van der Waals surface area contributed by atoms with Gasteiger partial charge in [0.25, 0.3) is 6.29 Å². The lowest BCUT2D eigenvalue weighted by Gasteiger charge is -2.12. The van der Waals surface area contributed by atoms with Crippen LogP contribution in [0.15, 0.2) is 35.9 Å². The molecule has 0 spiro atoms. The molecule has 1 aromatic carbocycles. The largest absolute Gasteiger partial charge is 0.496 e. The van der Waals surface area contributed by atoms with Crippen molar-refractivity contribution in [2.45, 2.75) is 19.6 Å². The van der Waals surface area contributed by atoms with Crippen LogP contribution in [0.4, 0.5) is 4.79 Å². The minimum absolute atomic E-state index is 0.391. The number of carbonyl (C=O) groups is 2. The van der Waals surface area contributed by atoms with Crippen LogP contribution in [-0.2, 0) is 20.7 Å². The summed E-state index contributed by atoms with van der Waals surface area (Å²) in [6, 6.07) is 7.57. The van der Waals surface area contributed by atoms with E-state index in [0.29, 0.717) is 18.5 Å². The minimum Gasteiger partial charge on any atom is -0.496 e. The molecule has 0 bridgehead atoms. The van der Waals surface area contributed by atoms with Crippen LogP contribution in [0.1, 0.15) is 12.5 Å². The zero-order chi connectivity index (χ0) is 15.2. The van der Waals surface area contributed by atoms with Crippen molar-refractivity contribution < 1.29 is 23.8 Å². The Morgan fingerprint density at radius 3 is 2.81 bits per heavy atom. The third-order valence-electron chi connectivity index (χ3n) is 3.01. The molecule has 1 atom stereocenters. The number of benzene rings is 1. The van der Waals surface area contributed by atoms with Gasteiger partial charge in [-0.05, 0) is 25.0 Å². The van der Waals surface area contributed by atoms with Crippen molar-refractivity contribution in [1.82, 2.24) is 5.32 Å². The van der Waals surface area contributed by atoms with Gasteiger partial charge in [-0.15, -0.1) is 0 Å². The SMILES string of the molecule is COc1ccccc1CCNC(=O)OC1C=C(C)C(=O)O1. The number of cyclic esters (lactones) is 1. The number of nitrogens with one attached hydrogen (secondary N) is 1. The minimum atomic E-state index is -0.941. The first-order valence-corrected chi connectivity index (χ1v) is 6.56. The van der Waals surface area contributed by atoms with Gasteiger partial charge >= 0.3 is 12.1 Å². The summed E-state index contributed by atoms with van der Waals surface area (Å²) in [6.45, 7) is 1.99. The fourth-order valence-corrected chi connectivity index (χ4v) is 1.92. The highest BCUT2D eigenvalue weighted by atomic mass is 16.7. The summed E-state index contributed by atoms with van der Waals surface area (Å²) in [5.74, 6) is 0.303. The quantitative estimate of drug-likeness (QED) is 0.837. The molecule has 0 aliphatic carbocycles. The maximum atomic E-state index is 11.6. The Bertz CT molecular complexity index is 567. The summed E-state index contributed by atoms with van der Waals surface area (Å²) >= 11 is 0. The van der Waals surface area contributed by atoms with E-state index < -0.39 is 18.4 Å². The van der Waals surface area contributed by atoms with Crippen LogP contribution in [-0.4, -0.2) is 32.0 Å². The van der Waals surface area contributed by atoms with Crippen molar-refractivity contribution in [1.29, 1.82) is 0 Å². The van der Waals surface area contributed by atoms with E-state index in [2.05, 4.69) is 5.32 Å². The van der Waals surface area contributed by atoms with Crippen molar-refractivity contribution >= 4 is 12.1 Å². The van der Waals surface area contributed by atoms with Gasteiger partial charge in [0.2, 0.25) is 0 Å². The molecule has 0 saturated carbocycles. The van der Waals surface area contributed by atoms with E-state index in [9.17, 15) is 9.59 Å². The number of methoxy groups -OCH3 is 1. The molecule has 2 rings (SSSR count). The van der Waals surface area contributed by atoms with Crippen LogP contribution in [0.25, 0.3) is 0 Å². The Morgan fingerprint density at radius 1 is 1.38 bits per heavy atom. The van der Waals surface area contributed by atoms with Crippen LogP contribution in [0, 0.1) is 0 Å². The highest BCUT2D eigenvalue weighted by molar-refractivity contribution is 5.90. The second-order valence-corrected chi connectivity index (χ2v) is 4.52. The normalized spacial score (nSPS) is 17.0. The van der Waals surface area contributed by atoms with Gasteiger partial charge < -0.3 is 19.5 Å². The van der Waals surface area contributed by atoms with Crippen LogP contribution in [0.5, 0.6) is 5.75 Å². The van der Waals surface area contributed by atoms with E-state index >= 15 is 0 Å². The Morgan fingerprint density at radius 2 is 2.14 bits per heavy atom. The van der Waals surface area contributed by atoms with E-state index in [-0.39, 0.29) is 0 Å². The number of esters is 1. The van der Waals surface area contributed by atoms with Crippen LogP contribution >= 0.6 is 0 Å². The molecule has 0 radical (unpaired) electrons. The van der Waals surface area contributed by atoms with E-state index in [1.165, 1.54) is 6.08 Å². The Hall–Kier alpha value is -2.50. The van der Waals surface area contributed by atoms with Crippen molar-refractivity contribution in [2.75, 3.05) is 13.7 Å². The summed E-state index contributed by atoms with van der Waals surface area (Å²) < 4.78 is 15.0. The van der Waals surface area contributed by atoms with Crippen LogP contribution < -0.4 is 10.1 Å². The summed E-state index contributed by atoms with van der Waals surface area (Å²) in [5, 5.41) is 2.60.